The van der Waals surface area contributed by atoms with Gasteiger partial charge in [-0.05, 0) is 62.1 Å². The highest BCUT2D eigenvalue weighted by Crippen LogP contribution is 2.26. The van der Waals surface area contributed by atoms with Crippen molar-refractivity contribution in [3.8, 4) is 5.75 Å². The molecule has 0 aliphatic rings. The van der Waals surface area contributed by atoms with Crippen molar-refractivity contribution in [3.05, 3.63) is 63.7 Å². The maximum atomic E-state index is 12.7. The molecule has 20 heavy (non-hydrogen) atoms. The van der Waals surface area contributed by atoms with Gasteiger partial charge < -0.3 is 4.74 Å². The lowest BCUT2D eigenvalue weighted by atomic mass is 9.94. The van der Waals surface area contributed by atoms with Crippen LogP contribution in [0.3, 0.4) is 0 Å². The summed E-state index contributed by atoms with van der Waals surface area (Å²) in [6, 6.07) is 9.64. The zero-order valence-electron chi connectivity index (χ0n) is 12.7. The van der Waals surface area contributed by atoms with Crippen molar-refractivity contribution in [2.24, 2.45) is 0 Å². The van der Waals surface area contributed by atoms with E-state index in [1.54, 1.807) is 7.11 Å². The Morgan fingerprint density at radius 1 is 0.950 bits per heavy atom. The van der Waals surface area contributed by atoms with Gasteiger partial charge in [-0.25, -0.2) is 0 Å². The maximum Gasteiger partial charge on any atom is 0.193 e. The number of ether oxygens (including phenoxy) is 1. The predicted molar refractivity (Wildman–Crippen MR) is 81.8 cm³/mol. The smallest absolute Gasteiger partial charge is 0.193 e. The number of carbonyl (C=O) groups excluding carboxylic acids is 1. The minimum atomic E-state index is 0.0695. The van der Waals surface area contributed by atoms with E-state index >= 15 is 0 Å². The number of rotatable bonds is 3. The third-order valence-corrected chi connectivity index (χ3v) is 3.78. The van der Waals surface area contributed by atoms with Gasteiger partial charge in [0.2, 0.25) is 0 Å². The monoisotopic (exact) mass is 268 g/mol. The lowest BCUT2D eigenvalue weighted by Gasteiger charge is -2.12. The maximum absolute atomic E-state index is 12.7. The van der Waals surface area contributed by atoms with Crippen LogP contribution in [0.15, 0.2) is 30.3 Å². The van der Waals surface area contributed by atoms with Crippen molar-refractivity contribution in [1.82, 2.24) is 0 Å². The highest BCUT2D eigenvalue weighted by molar-refractivity contribution is 6.10. The largest absolute Gasteiger partial charge is 0.496 e. The Kier molecular flexibility index (Phi) is 3.93. The number of carbonyl (C=O) groups is 1. The molecule has 104 valence electrons. The van der Waals surface area contributed by atoms with Crippen LogP contribution in [0, 0.1) is 27.7 Å². The van der Waals surface area contributed by atoms with Crippen molar-refractivity contribution >= 4 is 5.78 Å². The molecule has 0 saturated carbocycles. The molecule has 0 N–H and O–H groups in total. The van der Waals surface area contributed by atoms with Crippen LogP contribution in [0.25, 0.3) is 0 Å². The normalized spacial score (nSPS) is 10.4. The van der Waals surface area contributed by atoms with Crippen LogP contribution < -0.4 is 4.74 Å². The van der Waals surface area contributed by atoms with E-state index in [0.29, 0.717) is 0 Å². The summed E-state index contributed by atoms with van der Waals surface area (Å²) in [6.07, 6.45) is 0. The molecule has 0 spiro atoms. The average Bonchev–Trinajstić information content (AvgIpc) is 2.41. The van der Waals surface area contributed by atoms with E-state index in [1.807, 2.05) is 58.0 Å². The fraction of sp³-hybridized carbons (Fsp3) is 0.278. The molecule has 0 amide bonds. The summed E-state index contributed by atoms with van der Waals surface area (Å²) in [7, 11) is 1.65. The van der Waals surface area contributed by atoms with Crippen LogP contribution in [0.5, 0.6) is 5.75 Å². The standard InChI is InChI=1S/C18H20O2/c1-11-7-6-8-16(14(11)4)17(19)15-9-12(2)18(20-5)13(3)10-15/h6-10H,1-5H3. The second kappa shape index (κ2) is 5.49. The quantitative estimate of drug-likeness (QED) is 0.781. The van der Waals surface area contributed by atoms with Gasteiger partial charge in [0.25, 0.3) is 0 Å². The third kappa shape index (κ3) is 2.46. The lowest BCUT2D eigenvalue weighted by Crippen LogP contribution is -2.06. The van der Waals surface area contributed by atoms with Gasteiger partial charge in [-0.2, -0.15) is 0 Å². The number of hydrogen-bond donors (Lipinski definition) is 0. The van der Waals surface area contributed by atoms with Gasteiger partial charge in [0.15, 0.2) is 5.78 Å². The number of benzene rings is 2. The molecule has 2 aromatic carbocycles. The molecule has 0 aliphatic heterocycles. The van der Waals surface area contributed by atoms with E-state index in [9.17, 15) is 4.79 Å². The van der Waals surface area contributed by atoms with Gasteiger partial charge in [0.1, 0.15) is 5.75 Å². The molecule has 0 heterocycles. The Bertz CT molecular complexity index is 646. The van der Waals surface area contributed by atoms with Gasteiger partial charge in [0.05, 0.1) is 7.11 Å². The van der Waals surface area contributed by atoms with Gasteiger partial charge in [0, 0.05) is 11.1 Å². The number of hydrogen-bond acceptors (Lipinski definition) is 2. The molecule has 0 atom stereocenters. The predicted octanol–water partition coefficient (Wildman–Crippen LogP) is 4.16. The van der Waals surface area contributed by atoms with Crippen LogP contribution in [-0.4, -0.2) is 12.9 Å². The molecule has 2 aromatic rings. The van der Waals surface area contributed by atoms with Crippen molar-refractivity contribution < 1.29 is 9.53 Å². The van der Waals surface area contributed by atoms with Crippen LogP contribution in [0.4, 0.5) is 0 Å². The van der Waals surface area contributed by atoms with E-state index < -0.39 is 0 Å². The Balaban J connectivity index is 2.52. The van der Waals surface area contributed by atoms with E-state index in [-0.39, 0.29) is 5.78 Å². The molecule has 2 nitrogen and oxygen atoms in total. The summed E-state index contributed by atoms with van der Waals surface area (Å²) in [5.41, 5.74) is 5.65. The SMILES string of the molecule is COc1c(C)cc(C(=O)c2cccc(C)c2C)cc1C. The first kappa shape index (κ1) is 14.3. The van der Waals surface area contributed by atoms with Gasteiger partial charge in [-0.3, -0.25) is 4.79 Å². The fourth-order valence-corrected chi connectivity index (χ4v) is 2.56. The Hall–Kier alpha value is -2.09. The minimum Gasteiger partial charge on any atom is -0.496 e. The van der Waals surface area contributed by atoms with Crippen molar-refractivity contribution in [2.45, 2.75) is 27.7 Å². The first-order chi connectivity index (χ1) is 9.45. The Morgan fingerprint density at radius 3 is 2.10 bits per heavy atom. The van der Waals surface area contributed by atoms with Gasteiger partial charge in [-0.15, -0.1) is 0 Å². The molecule has 2 rings (SSSR count). The number of methoxy groups -OCH3 is 1. The van der Waals surface area contributed by atoms with Crippen LogP contribution in [-0.2, 0) is 0 Å². The molecular formula is C18H20O2. The summed E-state index contributed by atoms with van der Waals surface area (Å²) in [5.74, 6) is 0.919. The van der Waals surface area contributed by atoms with Gasteiger partial charge >= 0.3 is 0 Å². The highest BCUT2D eigenvalue weighted by Gasteiger charge is 2.15. The molecule has 0 aliphatic carbocycles. The Labute approximate surface area is 120 Å². The summed E-state index contributed by atoms with van der Waals surface area (Å²) < 4.78 is 5.35. The molecular weight excluding hydrogens is 248 g/mol. The van der Waals surface area contributed by atoms with Crippen LogP contribution in [0.2, 0.25) is 0 Å². The lowest BCUT2D eigenvalue weighted by molar-refractivity contribution is 0.103. The van der Waals surface area contributed by atoms with E-state index in [4.69, 9.17) is 4.74 Å². The summed E-state index contributed by atoms with van der Waals surface area (Å²) in [5, 5.41) is 0. The molecule has 0 unspecified atom stereocenters. The third-order valence-electron chi connectivity index (χ3n) is 3.78. The molecule has 2 heteroatoms. The second-order valence-electron chi connectivity index (χ2n) is 5.22. The second-order valence-corrected chi connectivity index (χ2v) is 5.22. The topological polar surface area (TPSA) is 26.3 Å². The molecule has 0 fully saturated rings. The molecule has 0 radical (unpaired) electrons. The number of ketones is 1. The van der Waals surface area contributed by atoms with Crippen molar-refractivity contribution in [2.75, 3.05) is 7.11 Å². The highest BCUT2D eigenvalue weighted by atomic mass is 16.5. The molecule has 0 aromatic heterocycles. The average molecular weight is 268 g/mol. The minimum absolute atomic E-state index is 0.0695. The first-order valence-electron chi connectivity index (χ1n) is 6.72. The molecule has 0 saturated heterocycles. The van der Waals surface area contributed by atoms with Crippen LogP contribution in [0.1, 0.15) is 38.2 Å². The zero-order chi connectivity index (χ0) is 14.9. The summed E-state index contributed by atoms with van der Waals surface area (Å²) in [6.45, 7) is 7.94. The van der Waals surface area contributed by atoms with Gasteiger partial charge in [-0.1, -0.05) is 18.2 Å². The zero-order valence-corrected chi connectivity index (χ0v) is 12.7. The summed E-state index contributed by atoms with van der Waals surface area (Å²) in [4.78, 5) is 12.7. The van der Waals surface area contributed by atoms with E-state index in [1.165, 1.54) is 0 Å². The van der Waals surface area contributed by atoms with Crippen molar-refractivity contribution in [3.63, 3.8) is 0 Å². The first-order valence-corrected chi connectivity index (χ1v) is 6.72. The fourth-order valence-electron chi connectivity index (χ4n) is 2.56. The van der Waals surface area contributed by atoms with Crippen molar-refractivity contribution in [1.29, 1.82) is 0 Å². The van der Waals surface area contributed by atoms with Crippen LogP contribution >= 0.6 is 0 Å². The van der Waals surface area contributed by atoms with E-state index in [2.05, 4.69) is 0 Å². The molecule has 0 bridgehead atoms. The van der Waals surface area contributed by atoms with E-state index in [0.717, 1.165) is 39.1 Å². The number of aryl methyl sites for hydroxylation is 3. The Morgan fingerprint density at radius 2 is 1.55 bits per heavy atom. The summed E-state index contributed by atoms with van der Waals surface area (Å²) >= 11 is 0.